The van der Waals surface area contributed by atoms with E-state index in [4.69, 9.17) is 20.3 Å². The number of rotatable bonds is 12. The maximum atomic E-state index is 11.8. The lowest BCUT2D eigenvalue weighted by Crippen LogP contribution is -2.38. The van der Waals surface area contributed by atoms with Crippen molar-refractivity contribution in [3.8, 4) is 5.75 Å². The van der Waals surface area contributed by atoms with Gasteiger partial charge in [-0.25, -0.2) is 0 Å². The number of carbonyl (C=O) groups is 3. The fourth-order valence-electron chi connectivity index (χ4n) is 3.33. The van der Waals surface area contributed by atoms with Gasteiger partial charge in [-0.2, -0.15) is 0 Å². The number of carbonyl (C=O) groups excluding carboxylic acids is 2. The number of carboxylic acid groups (broad SMARTS) is 1. The molecule has 1 amide bonds. The fraction of sp³-hybridized carbons (Fsp3) is 0.571. The first-order valence-corrected chi connectivity index (χ1v) is 10.3. The molecule has 180 valence electrons. The summed E-state index contributed by atoms with van der Waals surface area (Å²) in [6.45, 7) is 1.99. The van der Waals surface area contributed by atoms with Gasteiger partial charge in [0.05, 0.1) is 6.04 Å². The Hall–Kier alpha value is -2.40. The molecule has 32 heavy (non-hydrogen) atoms. The van der Waals surface area contributed by atoms with Crippen molar-refractivity contribution in [3.63, 3.8) is 0 Å². The van der Waals surface area contributed by atoms with Gasteiger partial charge in [0.1, 0.15) is 24.0 Å². The van der Waals surface area contributed by atoms with E-state index < -0.39 is 30.2 Å². The molecular formula is C21H32ClN3O7. The number of halogens is 1. The van der Waals surface area contributed by atoms with Crippen molar-refractivity contribution in [1.29, 1.82) is 0 Å². The first-order chi connectivity index (χ1) is 14.8. The van der Waals surface area contributed by atoms with Gasteiger partial charge in [0, 0.05) is 20.0 Å². The Morgan fingerprint density at radius 2 is 1.94 bits per heavy atom. The van der Waals surface area contributed by atoms with Crippen molar-refractivity contribution in [2.24, 2.45) is 5.73 Å². The largest absolute Gasteiger partial charge is 0.484 e. The normalized spacial score (nSPS) is 20.7. The Morgan fingerprint density at radius 1 is 1.25 bits per heavy atom. The second-order valence-corrected chi connectivity index (χ2v) is 7.58. The minimum atomic E-state index is -1.02. The number of aliphatic hydroxyl groups excluding tert-OH is 1. The van der Waals surface area contributed by atoms with E-state index >= 15 is 0 Å². The number of nitrogens with two attached hydrogens (primary N) is 1. The molecule has 1 aliphatic rings. The van der Waals surface area contributed by atoms with Crippen molar-refractivity contribution >= 4 is 30.3 Å². The average molecular weight is 474 g/mol. The van der Waals surface area contributed by atoms with Crippen LogP contribution in [0.15, 0.2) is 24.3 Å². The Bertz CT molecular complexity index is 747. The van der Waals surface area contributed by atoms with E-state index in [9.17, 15) is 19.5 Å². The van der Waals surface area contributed by atoms with Gasteiger partial charge in [-0.1, -0.05) is 12.1 Å². The van der Waals surface area contributed by atoms with Crippen molar-refractivity contribution in [3.05, 3.63) is 29.8 Å². The standard InChI is InChI=1S/C21H31N3O7.ClH/c1-13(25)31-20-17(24-11-18(20)26)10-14-5-7-15(8-6-14)30-12-19(27)23-9-3-2-4-16(22)21(28)29;/h5-8,16-18,20,24,26H,2-4,9-12,22H2,1H3,(H,23,27)(H,28,29);1H/t16-,17+,18-,20-;/m0./s1. The van der Waals surface area contributed by atoms with Crippen molar-refractivity contribution in [1.82, 2.24) is 10.6 Å². The van der Waals surface area contributed by atoms with E-state index in [1.54, 1.807) is 12.1 Å². The Balaban J connectivity index is 0.00000512. The monoisotopic (exact) mass is 473 g/mol. The van der Waals surface area contributed by atoms with Crippen LogP contribution in [0, 0.1) is 0 Å². The molecule has 0 saturated carbocycles. The Kier molecular flexibility index (Phi) is 12.0. The summed E-state index contributed by atoms with van der Waals surface area (Å²) in [4.78, 5) is 33.7. The summed E-state index contributed by atoms with van der Waals surface area (Å²) in [6.07, 6.45) is 0.869. The fourth-order valence-corrected chi connectivity index (χ4v) is 3.33. The molecule has 0 aliphatic carbocycles. The van der Waals surface area contributed by atoms with Crippen LogP contribution >= 0.6 is 12.4 Å². The molecule has 0 spiro atoms. The number of esters is 1. The number of β-amino-alcohol motifs (C(OH)–C–C–N with tert-alkyl or cyclic N) is 1. The number of benzene rings is 1. The van der Waals surface area contributed by atoms with Gasteiger partial charge in [0.15, 0.2) is 6.61 Å². The summed E-state index contributed by atoms with van der Waals surface area (Å²) in [5, 5.41) is 24.5. The minimum Gasteiger partial charge on any atom is -0.484 e. The lowest BCUT2D eigenvalue weighted by atomic mass is 10.0. The molecule has 10 nitrogen and oxygen atoms in total. The number of hydrogen-bond donors (Lipinski definition) is 5. The maximum absolute atomic E-state index is 11.8. The van der Waals surface area contributed by atoms with Crippen LogP contribution in [0.25, 0.3) is 0 Å². The molecule has 1 aliphatic heterocycles. The molecule has 1 aromatic rings. The highest BCUT2D eigenvalue weighted by atomic mass is 35.5. The highest BCUT2D eigenvalue weighted by molar-refractivity contribution is 5.85. The maximum Gasteiger partial charge on any atom is 0.320 e. The smallest absolute Gasteiger partial charge is 0.320 e. The molecule has 0 unspecified atom stereocenters. The third kappa shape index (κ3) is 9.39. The van der Waals surface area contributed by atoms with Crippen molar-refractivity contribution < 1.29 is 34.1 Å². The van der Waals surface area contributed by atoms with Gasteiger partial charge in [0.2, 0.25) is 0 Å². The first kappa shape index (κ1) is 27.6. The van der Waals surface area contributed by atoms with Crippen LogP contribution in [0.5, 0.6) is 5.75 Å². The second-order valence-electron chi connectivity index (χ2n) is 7.58. The zero-order chi connectivity index (χ0) is 22.8. The molecule has 0 aromatic heterocycles. The summed E-state index contributed by atoms with van der Waals surface area (Å²) >= 11 is 0. The van der Waals surface area contributed by atoms with E-state index in [2.05, 4.69) is 10.6 Å². The van der Waals surface area contributed by atoms with Crippen LogP contribution in [-0.2, 0) is 25.5 Å². The van der Waals surface area contributed by atoms with Crippen LogP contribution in [0.1, 0.15) is 31.7 Å². The summed E-state index contributed by atoms with van der Waals surface area (Å²) in [5.41, 5.74) is 6.39. The third-order valence-corrected chi connectivity index (χ3v) is 5.00. The van der Waals surface area contributed by atoms with Crippen molar-refractivity contribution in [2.45, 2.75) is 56.9 Å². The number of aliphatic hydroxyl groups is 1. The number of unbranched alkanes of at least 4 members (excludes halogenated alkanes) is 1. The zero-order valence-electron chi connectivity index (χ0n) is 18.0. The molecule has 4 atom stereocenters. The molecule has 0 radical (unpaired) electrons. The molecular weight excluding hydrogens is 442 g/mol. The van der Waals surface area contributed by atoms with Gasteiger partial charge in [0.25, 0.3) is 5.91 Å². The van der Waals surface area contributed by atoms with E-state index in [0.29, 0.717) is 44.5 Å². The quantitative estimate of drug-likeness (QED) is 0.208. The lowest BCUT2D eigenvalue weighted by molar-refractivity contribution is -0.151. The first-order valence-electron chi connectivity index (χ1n) is 10.3. The molecule has 2 rings (SSSR count). The summed E-state index contributed by atoms with van der Waals surface area (Å²) in [5.74, 6) is -1.17. The number of carboxylic acids is 1. The van der Waals surface area contributed by atoms with Crippen LogP contribution in [-0.4, -0.2) is 72.0 Å². The predicted molar refractivity (Wildman–Crippen MR) is 119 cm³/mol. The van der Waals surface area contributed by atoms with Gasteiger partial charge in [-0.15, -0.1) is 12.4 Å². The Labute approximate surface area is 193 Å². The van der Waals surface area contributed by atoms with Gasteiger partial charge in [-0.3, -0.25) is 14.4 Å². The molecule has 1 fully saturated rings. The average Bonchev–Trinajstić information content (AvgIpc) is 3.05. The number of amides is 1. The van der Waals surface area contributed by atoms with Crippen LogP contribution in [0.2, 0.25) is 0 Å². The minimum absolute atomic E-state index is 0. The highest BCUT2D eigenvalue weighted by Gasteiger charge is 2.37. The van der Waals surface area contributed by atoms with Crippen molar-refractivity contribution in [2.75, 3.05) is 19.7 Å². The molecule has 11 heteroatoms. The second kappa shape index (κ2) is 13.9. The third-order valence-electron chi connectivity index (χ3n) is 5.00. The molecule has 6 N–H and O–H groups in total. The number of nitrogens with one attached hydrogen (secondary N) is 2. The number of hydrogen-bond acceptors (Lipinski definition) is 8. The van der Waals surface area contributed by atoms with E-state index in [-0.39, 0.29) is 31.0 Å². The van der Waals surface area contributed by atoms with Crippen LogP contribution < -0.4 is 21.1 Å². The number of aliphatic carboxylic acids is 1. The Morgan fingerprint density at radius 3 is 2.56 bits per heavy atom. The van der Waals surface area contributed by atoms with Gasteiger partial charge < -0.3 is 36.1 Å². The molecule has 0 bridgehead atoms. The number of ether oxygens (including phenoxy) is 2. The summed E-state index contributed by atoms with van der Waals surface area (Å²) in [6, 6.07) is 6.17. The SMILES string of the molecule is CC(=O)O[C@@H]1[C@@H](O)CN[C@@H]1Cc1ccc(OCC(=O)NCCCC[C@H](N)C(=O)O)cc1.Cl. The van der Waals surface area contributed by atoms with E-state index in [1.807, 2.05) is 12.1 Å². The van der Waals surface area contributed by atoms with Crippen LogP contribution in [0.4, 0.5) is 0 Å². The van der Waals surface area contributed by atoms with Gasteiger partial charge in [-0.05, 0) is 43.4 Å². The van der Waals surface area contributed by atoms with E-state index in [0.717, 1.165) is 5.56 Å². The lowest BCUT2D eigenvalue weighted by Gasteiger charge is -2.21. The molecule has 1 aromatic carbocycles. The summed E-state index contributed by atoms with van der Waals surface area (Å²) < 4.78 is 10.7. The summed E-state index contributed by atoms with van der Waals surface area (Å²) in [7, 11) is 0. The molecule has 1 heterocycles. The predicted octanol–water partition coefficient (Wildman–Crippen LogP) is -0.00750. The zero-order valence-corrected chi connectivity index (χ0v) is 18.8. The van der Waals surface area contributed by atoms with Gasteiger partial charge >= 0.3 is 11.9 Å². The topological polar surface area (TPSA) is 160 Å². The van der Waals surface area contributed by atoms with E-state index in [1.165, 1.54) is 6.92 Å². The highest BCUT2D eigenvalue weighted by Crippen LogP contribution is 2.19. The molecule has 1 saturated heterocycles. The van der Waals surface area contributed by atoms with Crippen LogP contribution in [0.3, 0.4) is 0 Å².